The summed E-state index contributed by atoms with van der Waals surface area (Å²) >= 11 is 6.52. The number of aliphatic hydroxyl groups excluding tert-OH is 1. The molecule has 7 heterocycles. The zero-order chi connectivity index (χ0) is 51.8. The number of morpholine rings is 1. The maximum Gasteiger partial charge on any atom is 0.505 e. The lowest BCUT2D eigenvalue weighted by Gasteiger charge is -2.26. The van der Waals surface area contributed by atoms with E-state index in [0.717, 1.165) is 95.6 Å². The molecule has 1 saturated heterocycles. The number of fused-ring (bicyclic) bond motifs is 2. The van der Waals surface area contributed by atoms with E-state index >= 15 is 0 Å². The van der Waals surface area contributed by atoms with Crippen LogP contribution in [0.25, 0.3) is 24.5 Å². The van der Waals surface area contributed by atoms with Gasteiger partial charge in [-0.15, -0.1) is 45.3 Å². The van der Waals surface area contributed by atoms with Crippen LogP contribution in [0.2, 0.25) is 0 Å². The monoisotopic (exact) mass is 1080 g/mol. The number of nitrogens with one attached hydrogen (secondary N) is 2. The third-order valence-corrected chi connectivity index (χ3v) is 19.0. The highest BCUT2D eigenvalue weighted by atomic mass is 32.1. The number of thiophene rings is 4. The molecule has 1 aliphatic heterocycles. The number of carbonyl (C=O) groups is 3. The second-order valence-corrected chi connectivity index (χ2v) is 23.5. The van der Waals surface area contributed by atoms with E-state index in [1.54, 1.807) is 74.9 Å². The SMILES string of the molecule is CC(OC(=O)Nc1c(C#Cc2cc3sc(C4(C(=O)OCCN5CCOCC5)CC4)cc3s2)cnn1C)c1ccc(-n2cc(C#Cc3cc4sc(C5(CO)CC5)cc4s3)c(NC(=O)OC(C)c3ccccc3)[n+]2C)cc1. The van der Waals surface area contributed by atoms with Gasteiger partial charge in [-0.25, -0.2) is 4.79 Å². The first-order valence-electron chi connectivity index (χ1n) is 24.8. The minimum Gasteiger partial charge on any atom is -0.464 e. The van der Waals surface area contributed by atoms with Gasteiger partial charge in [0.05, 0.1) is 53.2 Å². The number of esters is 1. The zero-order valence-electron chi connectivity index (χ0n) is 41.8. The van der Waals surface area contributed by atoms with Crippen molar-refractivity contribution in [2.45, 2.75) is 62.6 Å². The maximum atomic E-state index is 13.4. The van der Waals surface area contributed by atoms with Gasteiger partial charge in [-0.3, -0.25) is 19.7 Å². The number of anilines is 2. The lowest BCUT2D eigenvalue weighted by molar-refractivity contribution is -0.731. The van der Waals surface area contributed by atoms with Crippen LogP contribution < -0.4 is 15.3 Å². The summed E-state index contributed by atoms with van der Waals surface area (Å²) in [6.45, 7) is 8.04. The Labute approximate surface area is 449 Å². The third kappa shape index (κ3) is 10.7. The average Bonchev–Trinajstić information content (AvgIpc) is 4.05. The van der Waals surface area contributed by atoms with Gasteiger partial charge in [-0.2, -0.15) is 24.6 Å². The molecule has 19 heteroatoms. The largest absolute Gasteiger partial charge is 0.505 e. The summed E-state index contributed by atoms with van der Waals surface area (Å²) in [5.41, 5.74) is 2.88. The summed E-state index contributed by atoms with van der Waals surface area (Å²) in [7, 11) is 3.56. The summed E-state index contributed by atoms with van der Waals surface area (Å²) in [5.74, 6) is 13.8. The third-order valence-electron chi connectivity index (χ3n) is 14.1. The Morgan fingerprint density at radius 2 is 1.37 bits per heavy atom. The second kappa shape index (κ2) is 21.1. The normalized spacial score (nSPS) is 16.3. The molecule has 3 N–H and O–H groups in total. The van der Waals surface area contributed by atoms with Crippen LogP contribution >= 0.6 is 45.3 Å². The van der Waals surface area contributed by atoms with Crippen LogP contribution in [-0.2, 0) is 48.7 Å². The molecule has 2 saturated carbocycles. The highest BCUT2D eigenvalue weighted by Gasteiger charge is 2.54. The summed E-state index contributed by atoms with van der Waals surface area (Å²) in [4.78, 5) is 46.3. The molecule has 3 aliphatic rings. The van der Waals surface area contributed by atoms with E-state index < -0.39 is 29.8 Å². The first-order chi connectivity index (χ1) is 36.4. The molecule has 2 aromatic carbocycles. The van der Waals surface area contributed by atoms with Crippen molar-refractivity contribution in [1.82, 2.24) is 19.4 Å². The quantitative estimate of drug-likeness (QED) is 0.0414. The van der Waals surface area contributed by atoms with E-state index in [-0.39, 0.29) is 18.0 Å². The fourth-order valence-electron chi connectivity index (χ4n) is 9.14. The number of amides is 2. The highest BCUT2D eigenvalue weighted by Crippen LogP contribution is 2.54. The van der Waals surface area contributed by atoms with Crippen molar-refractivity contribution in [1.29, 1.82) is 0 Å². The topological polar surface area (TPSA) is 162 Å². The molecule has 3 fully saturated rings. The summed E-state index contributed by atoms with van der Waals surface area (Å²) in [5, 5.41) is 20.1. The fourth-order valence-corrected chi connectivity index (χ4v) is 14.1. The van der Waals surface area contributed by atoms with E-state index in [4.69, 9.17) is 18.9 Å². The number of hydrogen-bond acceptors (Lipinski definition) is 14. The number of benzene rings is 2. The van der Waals surface area contributed by atoms with Gasteiger partial charge in [0.2, 0.25) is 0 Å². The van der Waals surface area contributed by atoms with Gasteiger partial charge in [-0.1, -0.05) is 66.1 Å². The van der Waals surface area contributed by atoms with Crippen molar-refractivity contribution in [3.05, 3.63) is 133 Å². The summed E-state index contributed by atoms with van der Waals surface area (Å²) in [6.07, 6.45) is 4.69. The maximum absolute atomic E-state index is 13.4. The molecule has 15 nitrogen and oxygen atoms in total. The van der Waals surface area contributed by atoms with Crippen LogP contribution in [0.1, 0.15) is 93.5 Å². The van der Waals surface area contributed by atoms with E-state index in [1.165, 1.54) is 4.88 Å². The molecule has 2 amide bonds. The molecule has 2 atom stereocenters. The predicted molar refractivity (Wildman–Crippen MR) is 292 cm³/mol. The van der Waals surface area contributed by atoms with Gasteiger partial charge >= 0.3 is 24.0 Å². The van der Waals surface area contributed by atoms with E-state index in [1.807, 2.05) is 85.5 Å². The first kappa shape index (κ1) is 50.4. The minimum atomic E-state index is -0.664. The van der Waals surface area contributed by atoms with Crippen LogP contribution in [0.5, 0.6) is 0 Å². The smallest absolute Gasteiger partial charge is 0.464 e. The van der Waals surface area contributed by atoms with Gasteiger partial charge in [0, 0.05) is 60.7 Å². The lowest BCUT2D eigenvalue weighted by Crippen LogP contribution is -2.41. The van der Waals surface area contributed by atoms with Crippen LogP contribution in [0.4, 0.5) is 21.2 Å². The van der Waals surface area contributed by atoms with Crippen LogP contribution in [0.15, 0.2) is 91.3 Å². The van der Waals surface area contributed by atoms with Crippen molar-refractivity contribution in [2.24, 2.45) is 14.1 Å². The van der Waals surface area contributed by atoms with Crippen molar-refractivity contribution in [2.75, 3.05) is 56.7 Å². The van der Waals surface area contributed by atoms with Gasteiger partial charge in [0.25, 0.3) is 0 Å². The number of nitrogens with zero attached hydrogens (tertiary/aromatic N) is 5. The Balaban J connectivity index is 0.743. The van der Waals surface area contributed by atoms with E-state index in [2.05, 4.69) is 62.5 Å². The molecule has 11 rings (SSSR count). The number of ether oxygens (including phenoxy) is 4. The molecular weight excluding hydrogens is 1030 g/mol. The number of aryl methyl sites for hydroxylation is 1. The van der Waals surface area contributed by atoms with Crippen LogP contribution in [-0.4, -0.2) is 88.7 Å². The Kier molecular flexibility index (Phi) is 14.1. The average molecular weight is 1080 g/mol. The molecule has 2 aliphatic carbocycles. The number of aromatic nitrogens is 4. The predicted octanol–water partition coefficient (Wildman–Crippen LogP) is 9.94. The van der Waals surface area contributed by atoms with E-state index in [9.17, 15) is 19.5 Å². The summed E-state index contributed by atoms with van der Waals surface area (Å²) < 4.78 is 32.5. The van der Waals surface area contributed by atoms with Gasteiger partial charge in [0.15, 0.2) is 0 Å². The number of aliphatic hydroxyl groups is 1. The Hall–Kier alpha value is -6.81. The molecule has 0 bridgehead atoms. The Morgan fingerprint density at radius 3 is 2.00 bits per heavy atom. The van der Waals surface area contributed by atoms with E-state index in [0.29, 0.717) is 42.6 Å². The van der Waals surface area contributed by atoms with Gasteiger partial charge in [0.1, 0.15) is 42.7 Å². The Morgan fingerprint density at radius 1 is 0.773 bits per heavy atom. The molecule has 6 aromatic heterocycles. The Bertz CT molecular complexity index is 3510. The van der Waals surface area contributed by atoms with Crippen molar-refractivity contribution >= 4 is 93.9 Å². The second-order valence-electron chi connectivity index (χ2n) is 19.1. The number of rotatable bonds is 14. The summed E-state index contributed by atoms with van der Waals surface area (Å²) in [6, 6.07) is 25.6. The first-order valence-corrected chi connectivity index (χ1v) is 28.1. The molecule has 8 aromatic rings. The molecule has 75 heavy (non-hydrogen) atoms. The van der Waals surface area contributed by atoms with Gasteiger partial charge in [-0.05, 0) is 87.1 Å². The zero-order valence-corrected chi connectivity index (χ0v) is 45.0. The van der Waals surface area contributed by atoms with Crippen molar-refractivity contribution in [3.63, 3.8) is 0 Å². The minimum absolute atomic E-state index is 0.0809. The molecule has 0 radical (unpaired) electrons. The lowest BCUT2D eigenvalue weighted by atomic mass is 10.1. The number of carbonyl (C=O) groups excluding carboxylic acids is 3. The number of hydrogen-bond donors (Lipinski definition) is 3. The van der Waals surface area contributed by atoms with Crippen LogP contribution in [0.3, 0.4) is 0 Å². The molecular formula is C56H54N7O8S4+. The van der Waals surface area contributed by atoms with Crippen molar-refractivity contribution in [3.8, 4) is 29.4 Å². The van der Waals surface area contributed by atoms with Crippen LogP contribution in [0, 0.1) is 23.7 Å². The van der Waals surface area contributed by atoms with Crippen molar-refractivity contribution < 1.29 is 43.1 Å². The standard InChI is InChI=1S/C56H53N7O8S4/c1-35(37-8-6-5-7-9-37)70-54(67)59-51-40(13-17-43-28-44-46(72-43)30-48(74-44)55(34-64)18-19-55)33-63(61(51)4)41-14-10-38(11-15-41)36(2)71-53(66)58-50-39(32-57-60(50)3)12-16-42-29-45-47(73-42)31-49(75-45)56(20-21-56)52(65)69-27-24-62-22-25-68-26-23-62/h5-11,14-15,28-33,35-36,64H,18-27,34H2,1-4H3,(H,57,58,66)/p+1. The molecule has 384 valence electrons. The molecule has 0 spiro atoms. The molecule has 2 unspecified atom stereocenters. The fraction of sp³-hybridized carbons (Fsp3) is 0.339. The highest BCUT2D eigenvalue weighted by molar-refractivity contribution is 7.28. The van der Waals surface area contributed by atoms with Gasteiger partial charge < -0.3 is 24.1 Å².